The Labute approximate surface area is 116 Å². The standard InChI is InChI=1S/C14H16N2O2S/c1-9(8-17)15-14(18)11-5-6-12(16-10(11)2)13-4-3-7-19-13/h3-7,9,17H,8H2,1-2H3,(H,15,18). The molecule has 2 rings (SSSR count). The molecule has 1 unspecified atom stereocenters. The molecule has 100 valence electrons. The summed E-state index contributed by atoms with van der Waals surface area (Å²) in [5, 5.41) is 13.7. The number of hydrogen-bond acceptors (Lipinski definition) is 4. The smallest absolute Gasteiger partial charge is 0.253 e. The van der Waals surface area contributed by atoms with Crippen molar-refractivity contribution in [2.45, 2.75) is 19.9 Å². The van der Waals surface area contributed by atoms with Gasteiger partial charge in [-0.3, -0.25) is 9.78 Å². The van der Waals surface area contributed by atoms with Crippen molar-refractivity contribution in [1.29, 1.82) is 0 Å². The molecule has 0 bridgehead atoms. The Kier molecular flexibility index (Phi) is 4.29. The summed E-state index contributed by atoms with van der Waals surface area (Å²) in [5.74, 6) is -0.204. The van der Waals surface area contributed by atoms with Crippen LogP contribution in [0.4, 0.5) is 0 Å². The lowest BCUT2D eigenvalue weighted by atomic mass is 10.1. The van der Waals surface area contributed by atoms with E-state index in [2.05, 4.69) is 10.3 Å². The van der Waals surface area contributed by atoms with Crippen LogP contribution in [0.5, 0.6) is 0 Å². The van der Waals surface area contributed by atoms with Crippen molar-refractivity contribution < 1.29 is 9.90 Å². The van der Waals surface area contributed by atoms with Crippen LogP contribution in [0.25, 0.3) is 10.6 Å². The second-order valence-corrected chi connectivity index (χ2v) is 5.31. The molecule has 0 aliphatic carbocycles. The van der Waals surface area contributed by atoms with Gasteiger partial charge in [0, 0.05) is 6.04 Å². The van der Waals surface area contributed by atoms with Gasteiger partial charge in [-0.1, -0.05) is 6.07 Å². The van der Waals surface area contributed by atoms with Gasteiger partial charge in [-0.25, -0.2) is 0 Å². The van der Waals surface area contributed by atoms with Gasteiger partial charge in [0.2, 0.25) is 0 Å². The van der Waals surface area contributed by atoms with Gasteiger partial charge in [0.05, 0.1) is 28.4 Å². The maximum absolute atomic E-state index is 12.0. The Morgan fingerprint density at radius 3 is 2.84 bits per heavy atom. The van der Waals surface area contributed by atoms with Gasteiger partial charge < -0.3 is 10.4 Å². The zero-order valence-electron chi connectivity index (χ0n) is 10.9. The average Bonchev–Trinajstić information content (AvgIpc) is 2.92. The van der Waals surface area contributed by atoms with E-state index in [1.165, 1.54) is 0 Å². The Hall–Kier alpha value is -1.72. The maximum Gasteiger partial charge on any atom is 0.253 e. The topological polar surface area (TPSA) is 62.2 Å². The number of nitrogens with zero attached hydrogens (tertiary/aromatic N) is 1. The number of pyridine rings is 1. The third-order valence-corrected chi connectivity index (χ3v) is 3.65. The SMILES string of the molecule is Cc1nc(-c2cccs2)ccc1C(=O)NC(C)CO. The van der Waals surface area contributed by atoms with E-state index in [-0.39, 0.29) is 18.6 Å². The second-order valence-electron chi connectivity index (χ2n) is 4.36. The fraction of sp³-hybridized carbons (Fsp3) is 0.286. The van der Waals surface area contributed by atoms with Crippen molar-refractivity contribution >= 4 is 17.2 Å². The summed E-state index contributed by atoms with van der Waals surface area (Å²) in [6.45, 7) is 3.49. The lowest BCUT2D eigenvalue weighted by molar-refractivity contribution is 0.0921. The first-order valence-corrected chi connectivity index (χ1v) is 6.93. The lowest BCUT2D eigenvalue weighted by Crippen LogP contribution is -2.35. The van der Waals surface area contributed by atoms with Crippen LogP contribution < -0.4 is 5.32 Å². The number of carbonyl (C=O) groups excluding carboxylic acids is 1. The summed E-state index contributed by atoms with van der Waals surface area (Å²) >= 11 is 1.62. The van der Waals surface area contributed by atoms with Gasteiger partial charge in [0.1, 0.15) is 0 Å². The highest BCUT2D eigenvalue weighted by Gasteiger charge is 2.13. The lowest BCUT2D eigenvalue weighted by Gasteiger charge is -2.12. The predicted octanol–water partition coefficient (Wildman–Crippen LogP) is 2.23. The van der Waals surface area contributed by atoms with E-state index in [0.29, 0.717) is 11.3 Å². The first kappa shape index (κ1) is 13.7. The van der Waals surface area contributed by atoms with E-state index >= 15 is 0 Å². The molecular formula is C14H16N2O2S. The minimum atomic E-state index is -0.260. The third-order valence-electron chi connectivity index (χ3n) is 2.76. The monoisotopic (exact) mass is 276 g/mol. The van der Waals surface area contributed by atoms with Crippen LogP contribution in [0, 0.1) is 6.92 Å². The van der Waals surface area contributed by atoms with Crippen LogP contribution in [0.15, 0.2) is 29.6 Å². The fourth-order valence-electron chi connectivity index (χ4n) is 1.71. The highest BCUT2D eigenvalue weighted by molar-refractivity contribution is 7.13. The van der Waals surface area contributed by atoms with E-state index in [1.807, 2.05) is 30.5 Å². The molecule has 2 aromatic heterocycles. The highest BCUT2D eigenvalue weighted by Crippen LogP contribution is 2.23. The second kappa shape index (κ2) is 5.95. The number of nitrogens with one attached hydrogen (secondary N) is 1. The number of aliphatic hydroxyl groups excluding tert-OH is 1. The molecule has 2 aromatic rings. The Bertz CT molecular complexity index is 567. The number of aryl methyl sites for hydroxylation is 1. The summed E-state index contributed by atoms with van der Waals surface area (Å²) in [4.78, 5) is 17.5. The molecule has 19 heavy (non-hydrogen) atoms. The summed E-state index contributed by atoms with van der Waals surface area (Å²) in [6.07, 6.45) is 0. The predicted molar refractivity (Wildman–Crippen MR) is 76.3 cm³/mol. The molecule has 0 aliphatic rings. The van der Waals surface area contributed by atoms with E-state index in [0.717, 1.165) is 10.6 Å². The number of amides is 1. The van der Waals surface area contributed by atoms with Gasteiger partial charge >= 0.3 is 0 Å². The number of aromatic nitrogens is 1. The highest BCUT2D eigenvalue weighted by atomic mass is 32.1. The molecular weight excluding hydrogens is 260 g/mol. The first-order chi connectivity index (χ1) is 9.11. The molecule has 4 nitrogen and oxygen atoms in total. The molecule has 1 amide bonds. The maximum atomic E-state index is 12.0. The third kappa shape index (κ3) is 3.19. The van der Waals surface area contributed by atoms with Crippen LogP contribution in [-0.4, -0.2) is 28.6 Å². The normalized spacial score (nSPS) is 12.2. The molecule has 5 heteroatoms. The Morgan fingerprint density at radius 2 is 2.26 bits per heavy atom. The van der Waals surface area contributed by atoms with E-state index in [1.54, 1.807) is 24.3 Å². The zero-order chi connectivity index (χ0) is 13.8. The van der Waals surface area contributed by atoms with Crippen molar-refractivity contribution in [2.75, 3.05) is 6.61 Å². The molecule has 2 N–H and O–H groups in total. The zero-order valence-corrected chi connectivity index (χ0v) is 11.7. The molecule has 0 radical (unpaired) electrons. The quantitative estimate of drug-likeness (QED) is 0.900. The molecule has 0 saturated heterocycles. The van der Waals surface area contributed by atoms with Crippen molar-refractivity contribution in [1.82, 2.24) is 10.3 Å². The fourth-order valence-corrected chi connectivity index (χ4v) is 2.41. The van der Waals surface area contributed by atoms with Crippen molar-refractivity contribution in [3.05, 3.63) is 40.9 Å². The molecule has 0 aliphatic heterocycles. The Morgan fingerprint density at radius 1 is 1.47 bits per heavy atom. The van der Waals surface area contributed by atoms with Gasteiger partial charge in [0.25, 0.3) is 5.91 Å². The minimum absolute atomic E-state index is 0.0779. The summed E-state index contributed by atoms with van der Waals surface area (Å²) < 4.78 is 0. The first-order valence-electron chi connectivity index (χ1n) is 6.05. The number of carbonyl (C=O) groups is 1. The molecule has 0 spiro atoms. The van der Waals surface area contributed by atoms with Gasteiger partial charge in [0.15, 0.2) is 0 Å². The summed E-state index contributed by atoms with van der Waals surface area (Å²) in [7, 11) is 0. The molecule has 2 heterocycles. The molecule has 1 atom stereocenters. The van der Waals surface area contributed by atoms with Crippen LogP contribution in [0.1, 0.15) is 23.0 Å². The van der Waals surface area contributed by atoms with E-state index in [9.17, 15) is 4.79 Å². The molecule has 0 saturated carbocycles. The Balaban J connectivity index is 2.22. The number of aliphatic hydroxyl groups is 1. The van der Waals surface area contributed by atoms with Gasteiger partial charge in [-0.15, -0.1) is 11.3 Å². The van der Waals surface area contributed by atoms with Crippen LogP contribution >= 0.6 is 11.3 Å². The largest absolute Gasteiger partial charge is 0.394 e. The van der Waals surface area contributed by atoms with Gasteiger partial charge in [-0.2, -0.15) is 0 Å². The minimum Gasteiger partial charge on any atom is -0.394 e. The summed E-state index contributed by atoms with van der Waals surface area (Å²) in [6, 6.07) is 7.33. The number of hydrogen-bond donors (Lipinski definition) is 2. The van der Waals surface area contributed by atoms with Crippen molar-refractivity contribution in [3.63, 3.8) is 0 Å². The molecule has 0 aromatic carbocycles. The van der Waals surface area contributed by atoms with E-state index in [4.69, 9.17) is 5.11 Å². The van der Waals surface area contributed by atoms with Crippen molar-refractivity contribution in [3.8, 4) is 10.6 Å². The number of rotatable bonds is 4. The van der Waals surface area contributed by atoms with E-state index < -0.39 is 0 Å². The van der Waals surface area contributed by atoms with Crippen LogP contribution in [-0.2, 0) is 0 Å². The van der Waals surface area contributed by atoms with Crippen LogP contribution in [0.2, 0.25) is 0 Å². The number of thiophene rings is 1. The molecule has 0 fully saturated rings. The average molecular weight is 276 g/mol. The van der Waals surface area contributed by atoms with Crippen LogP contribution in [0.3, 0.4) is 0 Å². The summed E-state index contributed by atoms with van der Waals surface area (Å²) in [5.41, 5.74) is 2.11. The van der Waals surface area contributed by atoms with Gasteiger partial charge in [-0.05, 0) is 37.4 Å². The van der Waals surface area contributed by atoms with Crippen molar-refractivity contribution in [2.24, 2.45) is 0 Å².